The molecule has 0 aliphatic carbocycles. The van der Waals surface area contributed by atoms with E-state index in [1.54, 1.807) is 37.3 Å². The zero-order valence-corrected chi connectivity index (χ0v) is 21.3. The molecule has 0 saturated carbocycles. The van der Waals surface area contributed by atoms with Crippen LogP contribution < -0.4 is 5.32 Å². The van der Waals surface area contributed by atoms with E-state index in [0.29, 0.717) is 21.7 Å². The van der Waals surface area contributed by atoms with Crippen LogP contribution in [0.2, 0.25) is 0 Å². The SMILES string of the molecule is CCOC(=O)c1c(-c2ccc(CC)cc2)csc1NC(=O)c1ccc(C(=O)C(=O)c2ccccc2)cc1. The molecular formula is C30H25NO5S. The number of carbonyl (C=O) groups excluding carboxylic acids is 4. The Bertz CT molecular complexity index is 1440. The van der Waals surface area contributed by atoms with E-state index in [4.69, 9.17) is 4.74 Å². The molecule has 7 heteroatoms. The number of thiophene rings is 1. The zero-order chi connectivity index (χ0) is 26.4. The average Bonchev–Trinajstić information content (AvgIpc) is 3.36. The van der Waals surface area contributed by atoms with Crippen LogP contribution in [0, 0.1) is 0 Å². The van der Waals surface area contributed by atoms with Gasteiger partial charge in [-0.1, -0.05) is 73.7 Å². The normalized spacial score (nSPS) is 10.5. The summed E-state index contributed by atoms with van der Waals surface area (Å²) in [5.41, 5.74) is 3.78. The number of rotatable bonds is 9. The standard InChI is InChI=1S/C30H25NO5S/c1-3-19-10-12-20(13-11-19)24-18-37-29(25(24)30(35)36-4-2)31-28(34)23-16-14-22(15-17-23)27(33)26(32)21-8-6-5-7-9-21/h5-18H,3-4H2,1-2H3,(H,31,34). The van der Waals surface area contributed by atoms with E-state index >= 15 is 0 Å². The lowest BCUT2D eigenvalue weighted by Gasteiger charge is -2.09. The molecule has 6 nitrogen and oxygen atoms in total. The summed E-state index contributed by atoms with van der Waals surface area (Å²) in [5.74, 6) is -2.24. The summed E-state index contributed by atoms with van der Waals surface area (Å²) in [7, 11) is 0. The van der Waals surface area contributed by atoms with Crippen LogP contribution in [0.1, 0.15) is 60.8 Å². The van der Waals surface area contributed by atoms with Crippen molar-refractivity contribution in [2.45, 2.75) is 20.3 Å². The van der Waals surface area contributed by atoms with Crippen LogP contribution in [-0.4, -0.2) is 30.0 Å². The number of Topliss-reactive ketones (excluding diaryl/α,β-unsaturated/α-hetero) is 2. The number of carbonyl (C=O) groups is 4. The van der Waals surface area contributed by atoms with Crippen molar-refractivity contribution in [3.8, 4) is 11.1 Å². The van der Waals surface area contributed by atoms with E-state index in [-0.39, 0.29) is 17.7 Å². The first-order valence-corrected chi connectivity index (χ1v) is 12.7. The molecule has 1 N–H and O–H groups in total. The number of esters is 1. The van der Waals surface area contributed by atoms with Crippen molar-refractivity contribution >= 4 is 39.8 Å². The molecule has 1 heterocycles. The van der Waals surface area contributed by atoms with Crippen molar-refractivity contribution in [3.63, 3.8) is 0 Å². The van der Waals surface area contributed by atoms with Gasteiger partial charge >= 0.3 is 5.97 Å². The van der Waals surface area contributed by atoms with Gasteiger partial charge in [0.15, 0.2) is 0 Å². The Morgan fingerprint density at radius 2 is 1.35 bits per heavy atom. The topological polar surface area (TPSA) is 89.5 Å². The van der Waals surface area contributed by atoms with Gasteiger partial charge in [-0.3, -0.25) is 14.4 Å². The first kappa shape index (κ1) is 25.7. The monoisotopic (exact) mass is 511 g/mol. The van der Waals surface area contributed by atoms with Crippen molar-refractivity contribution < 1.29 is 23.9 Å². The van der Waals surface area contributed by atoms with Gasteiger partial charge in [-0.15, -0.1) is 11.3 Å². The maximum atomic E-state index is 13.0. The molecule has 37 heavy (non-hydrogen) atoms. The van der Waals surface area contributed by atoms with E-state index in [2.05, 4.69) is 12.2 Å². The fourth-order valence-electron chi connectivity index (χ4n) is 3.79. The van der Waals surface area contributed by atoms with Crippen LogP contribution in [0.5, 0.6) is 0 Å². The second-order valence-electron chi connectivity index (χ2n) is 8.18. The smallest absolute Gasteiger partial charge is 0.341 e. The maximum Gasteiger partial charge on any atom is 0.341 e. The third-order valence-corrected chi connectivity index (χ3v) is 6.72. The van der Waals surface area contributed by atoms with E-state index in [1.165, 1.54) is 41.2 Å². The van der Waals surface area contributed by atoms with Crippen LogP contribution in [-0.2, 0) is 11.2 Å². The van der Waals surface area contributed by atoms with Crippen molar-refractivity contribution in [1.29, 1.82) is 0 Å². The van der Waals surface area contributed by atoms with Gasteiger partial charge in [0.1, 0.15) is 10.6 Å². The summed E-state index contributed by atoms with van der Waals surface area (Å²) in [6, 6.07) is 22.0. The van der Waals surface area contributed by atoms with E-state index in [0.717, 1.165) is 12.0 Å². The van der Waals surface area contributed by atoms with Crippen LogP contribution in [0.3, 0.4) is 0 Å². The first-order valence-electron chi connectivity index (χ1n) is 11.9. The molecule has 4 aromatic rings. The number of hydrogen-bond acceptors (Lipinski definition) is 6. The molecule has 0 bridgehead atoms. The number of hydrogen-bond donors (Lipinski definition) is 1. The molecule has 0 saturated heterocycles. The predicted molar refractivity (Wildman–Crippen MR) is 145 cm³/mol. The number of anilines is 1. The van der Waals surface area contributed by atoms with Crippen LogP contribution in [0.25, 0.3) is 11.1 Å². The van der Waals surface area contributed by atoms with Crippen LogP contribution in [0.4, 0.5) is 5.00 Å². The van der Waals surface area contributed by atoms with Gasteiger partial charge in [-0.2, -0.15) is 0 Å². The first-order chi connectivity index (χ1) is 17.9. The Labute approximate surface area is 218 Å². The third-order valence-electron chi connectivity index (χ3n) is 5.82. The molecule has 0 unspecified atom stereocenters. The molecular weight excluding hydrogens is 486 g/mol. The Kier molecular flexibility index (Phi) is 8.05. The molecule has 3 aromatic carbocycles. The molecule has 0 spiro atoms. The predicted octanol–water partition coefficient (Wildman–Crippen LogP) is 6.47. The fraction of sp³-hybridized carbons (Fsp3) is 0.133. The molecule has 1 amide bonds. The number of nitrogens with one attached hydrogen (secondary N) is 1. The van der Waals surface area contributed by atoms with Crippen molar-refractivity contribution in [3.05, 3.63) is 112 Å². The summed E-state index contributed by atoms with van der Waals surface area (Å²) < 4.78 is 5.27. The summed E-state index contributed by atoms with van der Waals surface area (Å²) >= 11 is 1.24. The maximum absolute atomic E-state index is 13.0. The molecule has 1 aromatic heterocycles. The van der Waals surface area contributed by atoms with Crippen LogP contribution >= 0.6 is 11.3 Å². The zero-order valence-electron chi connectivity index (χ0n) is 20.4. The van der Waals surface area contributed by atoms with Gasteiger partial charge < -0.3 is 10.1 Å². The molecule has 0 radical (unpaired) electrons. The molecule has 186 valence electrons. The lowest BCUT2D eigenvalue weighted by atomic mass is 10.0. The summed E-state index contributed by atoms with van der Waals surface area (Å²) in [6.07, 6.45) is 0.904. The largest absolute Gasteiger partial charge is 0.462 e. The number of ether oxygens (including phenoxy) is 1. The summed E-state index contributed by atoms with van der Waals surface area (Å²) in [4.78, 5) is 50.9. The number of ketones is 2. The fourth-order valence-corrected chi connectivity index (χ4v) is 4.74. The Balaban J connectivity index is 1.56. The quantitative estimate of drug-likeness (QED) is 0.158. The number of benzene rings is 3. The molecule has 0 atom stereocenters. The molecule has 4 rings (SSSR count). The second kappa shape index (κ2) is 11.6. The van der Waals surface area contributed by atoms with Gasteiger partial charge in [0.25, 0.3) is 5.91 Å². The second-order valence-corrected chi connectivity index (χ2v) is 9.06. The minimum atomic E-state index is -0.653. The van der Waals surface area contributed by atoms with Crippen molar-refractivity contribution in [2.24, 2.45) is 0 Å². The highest BCUT2D eigenvalue weighted by Crippen LogP contribution is 2.36. The van der Waals surface area contributed by atoms with Crippen molar-refractivity contribution in [1.82, 2.24) is 0 Å². The average molecular weight is 512 g/mol. The minimum Gasteiger partial charge on any atom is -0.462 e. The van der Waals surface area contributed by atoms with E-state index in [9.17, 15) is 19.2 Å². The van der Waals surface area contributed by atoms with E-state index in [1.807, 2.05) is 29.6 Å². The minimum absolute atomic E-state index is 0.187. The molecule has 0 aliphatic rings. The number of amides is 1. The van der Waals surface area contributed by atoms with Gasteiger partial charge in [-0.05, 0) is 36.6 Å². The highest BCUT2D eigenvalue weighted by molar-refractivity contribution is 7.15. The van der Waals surface area contributed by atoms with Gasteiger partial charge in [-0.25, -0.2) is 4.79 Å². The summed E-state index contributed by atoms with van der Waals surface area (Å²) in [5, 5.41) is 4.99. The highest BCUT2D eigenvalue weighted by Gasteiger charge is 2.24. The number of aryl methyl sites for hydroxylation is 1. The lowest BCUT2D eigenvalue weighted by molar-refractivity contribution is 0.0529. The Morgan fingerprint density at radius 3 is 1.95 bits per heavy atom. The molecule has 0 aliphatic heterocycles. The van der Waals surface area contributed by atoms with Gasteiger partial charge in [0.2, 0.25) is 11.6 Å². The molecule has 0 fully saturated rings. The Morgan fingerprint density at radius 1 is 0.757 bits per heavy atom. The highest BCUT2D eigenvalue weighted by atomic mass is 32.1. The van der Waals surface area contributed by atoms with Gasteiger partial charge in [0, 0.05) is 27.6 Å². The van der Waals surface area contributed by atoms with Crippen molar-refractivity contribution in [2.75, 3.05) is 11.9 Å². The van der Waals surface area contributed by atoms with Gasteiger partial charge in [0.05, 0.1) is 6.61 Å². The summed E-state index contributed by atoms with van der Waals surface area (Å²) in [6.45, 7) is 4.00. The van der Waals surface area contributed by atoms with Crippen LogP contribution in [0.15, 0.2) is 84.2 Å². The third kappa shape index (κ3) is 5.73. The van der Waals surface area contributed by atoms with E-state index < -0.39 is 23.4 Å². The lowest BCUT2D eigenvalue weighted by Crippen LogP contribution is -2.16. The Hall–Kier alpha value is -4.36.